The van der Waals surface area contributed by atoms with E-state index in [0.717, 1.165) is 22.6 Å². The first-order chi connectivity index (χ1) is 20.3. The second-order valence-electron chi connectivity index (χ2n) is 9.93. The summed E-state index contributed by atoms with van der Waals surface area (Å²) in [6.45, 7) is 3.86. The number of carbonyl (C=O) groups excluding carboxylic acids is 2. The Morgan fingerprint density at radius 1 is 0.952 bits per heavy atom. The Hall–Kier alpha value is -5.73. The molecule has 2 aromatic rings. The van der Waals surface area contributed by atoms with Crippen LogP contribution in [0.2, 0.25) is 0 Å². The van der Waals surface area contributed by atoms with Gasteiger partial charge in [-0.05, 0) is 35.4 Å². The highest BCUT2D eigenvalue weighted by Crippen LogP contribution is 2.23. The summed E-state index contributed by atoms with van der Waals surface area (Å²) in [4.78, 5) is 27.4. The molecule has 3 heterocycles. The molecule has 0 radical (unpaired) electrons. The first kappa shape index (κ1) is 27.8. The fourth-order valence-corrected chi connectivity index (χ4v) is 4.67. The second kappa shape index (κ2) is 11.8. The van der Waals surface area contributed by atoms with Gasteiger partial charge in [-0.3, -0.25) is 25.4 Å². The monoisotopic (exact) mass is 562 g/mol. The first-order valence-corrected chi connectivity index (χ1v) is 13.1. The minimum absolute atomic E-state index is 0.0230. The van der Waals surface area contributed by atoms with Gasteiger partial charge in [0.1, 0.15) is 6.07 Å². The van der Waals surface area contributed by atoms with Gasteiger partial charge in [-0.25, -0.2) is 21.3 Å². The van der Waals surface area contributed by atoms with E-state index in [0.29, 0.717) is 24.2 Å². The van der Waals surface area contributed by atoms with Crippen LogP contribution in [0.25, 0.3) is 0 Å². The standard InChI is InChI=1S/C28H26N12O2/c1-15-11-23(41)35-37-25(15)17-3-7-19(8-4-17)33-34-22(14-30)28-32-27(31)21(13-29)39-40(28)20-9-5-18(6-10-20)26-16(2)12-24(42)36-38-26/h3-10,15-16,21,31,33,39H,11-12H2,1-2H3,(H,35,41)(H,36,42). The molecule has 5 N–H and O–H groups in total. The molecule has 0 aromatic heterocycles. The van der Waals surface area contributed by atoms with Crippen LogP contribution in [0.3, 0.4) is 0 Å². The number of hydrazine groups is 1. The Bertz CT molecular complexity index is 1640. The van der Waals surface area contributed by atoms with Gasteiger partial charge in [0.2, 0.25) is 17.5 Å². The molecular weight excluding hydrogens is 536 g/mol. The molecule has 3 aliphatic rings. The number of hydrogen-bond donors (Lipinski definition) is 5. The average molecular weight is 563 g/mol. The zero-order valence-corrected chi connectivity index (χ0v) is 22.7. The smallest absolute Gasteiger partial charge is 0.240 e. The van der Waals surface area contributed by atoms with E-state index in [-0.39, 0.29) is 41.0 Å². The van der Waals surface area contributed by atoms with Gasteiger partial charge in [-0.15, -0.1) is 0 Å². The van der Waals surface area contributed by atoms with Gasteiger partial charge >= 0.3 is 0 Å². The van der Waals surface area contributed by atoms with Crippen molar-refractivity contribution in [1.29, 1.82) is 15.9 Å². The Kier molecular flexibility index (Phi) is 7.81. The van der Waals surface area contributed by atoms with Crippen LogP contribution in [-0.2, 0) is 9.59 Å². The van der Waals surface area contributed by atoms with Crippen molar-refractivity contribution < 1.29 is 9.59 Å². The minimum atomic E-state index is -1.04. The fraction of sp³-hybridized carbons (Fsp3) is 0.250. The molecule has 0 spiro atoms. The highest BCUT2D eigenvalue weighted by Gasteiger charge is 2.31. The second-order valence-corrected chi connectivity index (χ2v) is 9.93. The SMILES string of the molecule is CC1CC(=O)NN=C1c1ccc(NN=C(C#N)C2=NC(=N)C(C#N)NN2c2ccc(C3=NNC(=O)CC3C)cc2)cc1. The van der Waals surface area contributed by atoms with E-state index in [1.807, 2.05) is 50.3 Å². The molecule has 3 atom stereocenters. The van der Waals surface area contributed by atoms with Gasteiger partial charge in [0, 0.05) is 24.7 Å². The molecule has 14 heteroatoms. The van der Waals surface area contributed by atoms with E-state index in [1.54, 1.807) is 24.3 Å². The summed E-state index contributed by atoms with van der Waals surface area (Å²) >= 11 is 0. The van der Waals surface area contributed by atoms with Crippen LogP contribution >= 0.6 is 0 Å². The average Bonchev–Trinajstić information content (AvgIpc) is 2.98. The largest absolute Gasteiger partial charge is 0.284 e. The predicted molar refractivity (Wildman–Crippen MR) is 157 cm³/mol. The molecule has 0 saturated heterocycles. The summed E-state index contributed by atoms with van der Waals surface area (Å²) < 4.78 is 0. The summed E-state index contributed by atoms with van der Waals surface area (Å²) in [6.07, 6.45) is 0.693. The Labute approximate surface area is 241 Å². The maximum atomic E-state index is 11.6. The topological polar surface area (TPSA) is 206 Å². The van der Waals surface area contributed by atoms with Crippen molar-refractivity contribution in [2.45, 2.75) is 32.7 Å². The van der Waals surface area contributed by atoms with Gasteiger partial charge in [0.15, 0.2) is 17.7 Å². The van der Waals surface area contributed by atoms with Crippen LogP contribution in [0.5, 0.6) is 0 Å². The van der Waals surface area contributed by atoms with Crippen LogP contribution in [0, 0.1) is 39.9 Å². The van der Waals surface area contributed by atoms with Crippen molar-refractivity contribution in [3.8, 4) is 12.1 Å². The maximum Gasteiger partial charge on any atom is 0.240 e. The van der Waals surface area contributed by atoms with Crippen molar-refractivity contribution in [3.05, 3.63) is 59.7 Å². The molecule has 3 unspecified atom stereocenters. The van der Waals surface area contributed by atoms with Gasteiger partial charge < -0.3 is 0 Å². The third kappa shape index (κ3) is 5.74. The van der Waals surface area contributed by atoms with Crippen LogP contribution in [0.1, 0.15) is 37.8 Å². The number of amidine groups is 2. The highest BCUT2D eigenvalue weighted by molar-refractivity contribution is 6.53. The van der Waals surface area contributed by atoms with E-state index in [9.17, 15) is 20.1 Å². The van der Waals surface area contributed by atoms with Gasteiger partial charge in [0.25, 0.3) is 0 Å². The molecule has 3 aliphatic heterocycles. The number of amides is 2. The number of anilines is 2. The normalized spacial score (nSPS) is 22.5. The van der Waals surface area contributed by atoms with Crippen molar-refractivity contribution in [1.82, 2.24) is 16.3 Å². The van der Waals surface area contributed by atoms with E-state index in [4.69, 9.17) is 5.41 Å². The molecule has 0 aliphatic carbocycles. The van der Waals surface area contributed by atoms with Crippen molar-refractivity contribution in [2.24, 2.45) is 32.1 Å². The van der Waals surface area contributed by atoms with Crippen molar-refractivity contribution in [2.75, 3.05) is 10.4 Å². The Balaban J connectivity index is 1.39. The van der Waals surface area contributed by atoms with Crippen LogP contribution in [-0.4, -0.2) is 46.7 Å². The number of nitriles is 2. The molecular formula is C28H26N12O2. The minimum Gasteiger partial charge on any atom is -0.284 e. The number of nitrogens with one attached hydrogen (secondary N) is 5. The van der Waals surface area contributed by atoms with E-state index < -0.39 is 6.04 Å². The van der Waals surface area contributed by atoms with Crippen LogP contribution < -0.4 is 26.7 Å². The van der Waals surface area contributed by atoms with Crippen LogP contribution in [0.15, 0.2) is 68.8 Å². The number of hydrazone groups is 3. The molecule has 0 bridgehead atoms. The number of aliphatic imine (C=N–C) groups is 1. The summed E-state index contributed by atoms with van der Waals surface area (Å²) in [7, 11) is 0. The number of carbonyl (C=O) groups is 2. The zero-order valence-electron chi connectivity index (χ0n) is 22.7. The molecule has 0 saturated carbocycles. The highest BCUT2D eigenvalue weighted by atomic mass is 16.2. The molecule has 0 fully saturated rings. The summed E-state index contributed by atoms with van der Waals surface area (Å²) in [6, 6.07) is 17.3. The summed E-state index contributed by atoms with van der Waals surface area (Å²) in [5.41, 5.74) is 14.9. The van der Waals surface area contributed by atoms with Crippen molar-refractivity contribution >= 4 is 52.0 Å². The van der Waals surface area contributed by atoms with Gasteiger partial charge in [-0.2, -0.15) is 25.8 Å². The summed E-state index contributed by atoms with van der Waals surface area (Å²) in [5, 5.41) is 41.7. The lowest BCUT2D eigenvalue weighted by molar-refractivity contribution is -0.122. The number of hydrogen-bond acceptors (Lipinski definition) is 11. The van der Waals surface area contributed by atoms with Gasteiger partial charge in [-0.1, -0.05) is 38.1 Å². The maximum absolute atomic E-state index is 11.6. The summed E-state index contributed by atoms with van der Waals surface area (Å²) in [5.74, 6) is -0.570. The molecule has 210 valence electrons. The molecule has 2 amide bonds. The number of nitrogens with zero attached hydrogens (tertiary/aromatic N) is 7. The third-order valence-electron chi connectivity index (χ3n) is 6.83. The van der Waals surface area contributed by atoms with Crippen molar-refractivity contribution in [3.63, 3.8) is 0 Å². The Morgan fingerprint density at radius 2 is 1.50 bits per heavy atom. The van der Waals surface area contributed by atoms with Gasteiger partial charge in [0.05, 0.1) is 28.9 Å². The quantitative estimate of drug-likeness (QED) is 0.261. The molecule has 5 rings (SSSR count). The van der Waals surface area contributed by atoms with E-state index in [2.05, 4.69) is 42.0 Å². The van der Waals surface area contributed by atoms with Crippen LogP contribution in [0.4, 0.5) is 11.4 Å². The fourth-order valence-electron chi connectivity index (χ4n) is 4.67. The first-order valence-electron chi connectivity index (χ1n) is 13.1. The molecule has 14 nitrogen and oxygen atoms in total. The van der Waals surface area contributed by atoms with E-state index >= 15 is 0 Å². The zero-order chi connectivity index (χ0) is 29.8. The molecule has 2 aromatic carbocycles. The molecule has 42 heavy (non-hydrogen) atoms. The Morgan fingerprint density at radius 3 is 2.00 bits per heavy atom. The third-order valence-corrected chi connectivity index (χ3v) is 6.83. The lowest BCUT2D eigenvalue weighted by Gasteiger charge is -2.31. The number of benzene rings is 2. The van der Waals surface area contributed by atoms with E-state index in [1.165, 1.54) is 5.01 Å². The number of rotatable bonds is 6. The predicted octanol–water partition coefficient (Wildman–Crippen LogP) is 1.99. The lowest BCUT2D eigenvalue weighted by Crippen LogP contribution is -2.57. The lowest BCUT2D eigenvalue weighted by atomic mass is 9.94.